The number of rotatable bonds is 1. The Kier molecular flexibility index (Phi) is 2.65. The van der Waals surface area contributed by atoms with Gasteiger partial charge in [0.2, 0.25) is 0 Å². The highest BCUT2D eigenvalue weighted by Gasteiger charge is 2.42. The third kappa shape index (κ3) is 1.67. The number of carbonyl (C=O) groups excluding carboxylic acids is 3. The summed E-state index contributed by atoms with van der Waals surface area (Å²) < 4.78 is 0. The number of aryl methyl sites for hydroxylation is 2. The van der Waals surface area contributed by atoms with Crippen molar-refractivity contribution in [2.75, 3.05) is 5.73 Å². The van der Waals surface area contributed by atoms with E-state index in [1.54, 1.807) is 19.9 Å². The van der Waals surface area contributed by atoms with Crippen molar-refractivity contribution in [1.29, 1.82) is 0 Å². The monoisotopic (exact) mass is 284 g/mol. The molecule has 0 spiro atoms. The van der Waals surface area contributed by atoms with Crippen molar-refractivity contribution in [3.05, 3.63) is 46.3 Å². The van der Waals surface area contributed by atoms with Gasteiger partial charge in [-0.1, -0.05) is 6.07 Å². The number of hydrogen-bond donors (Lipinski definition) is 2. The van der Waals surface area contributed by atoms with Crippen LogP contribution in [0, 0.1) is 13.8 Å². The van der Waals surface area contributed by atoms with Crippen LogP contribution in [0.15, 0.2) is 18.2 Å². The van der Waals surface area contributed by atoms with Crippen LogP contribution in [0.5, 0.6) is 0 Å². The van der Waals surface area contributed by atoms with E-state index in [-0.39, 0.29) is 22.4 Å². The van der Waals surface area contributed by atoms with Gasteiger partial charge < -0.3 is 5.73 Å². The largest absolute Gasteiger partial charge is 0.398 e. The third-order valence-electron chi connectivity index (χ3n) is 3.49. The third-order valence-corrected chi connectivity index (χ3v) is 3.49. The van der Waals surface area contributed by atoms with Gasteiger partial charge in [-0.25, -0.2) is 4.90 Å². The molecule has 0 fully saturated rings. The number of nitrogens with two attached hydrogens (primary N) is 1. The van der Waals surface area contributed by atoms with Gasteiger partial charge in [0.1, 0.15) is 0 Å². The van der Waals surface area contributed by atoms with Gasteiger partial charge >= 0.3 is 0 Å². The molecule has 1 aromatic carbocycles. The number of H-pyrrole nitrogens is 1. The number of imide groups is 3. The lowest BCUT2D eigenvalue weighted by molar-refractivity contribution is 0.0566. The Morgan fingerprint density at radius 1 is 1.24 bits per heavy atom. The summed E-state index contributed by atoms with van der Waals surface area (Å²) in [5.74, 6) is -2.05. The van der Waals surface area contributed by atoms with Crippen molar-refractivity contribution in [2.24, 2.45) is 0 Å². The summed E-state index contributed by atoms with van der Waals surface area (Å²) in [6.45, 7) is 3.28. The number of nitrogens with zero attached hydrogens (tertiary/aromatic N) is 2. The van der Waals surface area contributed by atoms with Crippen LogP contribution in [-0.4, -0.2) is 32.8 Å². The molecule has 0 atom stereocenters. The Bertz CT molecular complexity index is 787. The maximum atomic E-state index is 12.5. The lowest BCUT2D eigenvalue weighted by atomic mass is 10.1. The normalized spacial score (nSPS) is 13.7. The maximum Gasteiger partial charge on any atom is 0.271 e. The number of anilines is 1. The zero-order chi connectivity index (χ0) is 15.3. The topological polar surface area (TPSA) is 109 Å². The fraction of sp³-hybridized carbons (Fsp3) is 0.143. The molecule has 1 aliphatic rings. The van der Waals surface area contributed by atoms with E-state index in [0.717, 1.165) is 0 Å². The highest BCUT2D eigenvalue weighted by Crippen LogP contribution is 2.29. The van der Waals surface area contributed by atoms with E-state index in [4.69, 9.17) is 5.73 Å². The average Bonchev–Trinajstić information content (AvgIpc) is 2.89. The quantitative estimate of drug-likeness (QED) is 0.600. The number of hydrogen-bond acceptors (Lipinski definition) is 5. The predicted molar refractivity (Wildman–Crippen MR) is 73.7 cm³/mol. The number of fused-ring (bicyclic) bond motifs is 1. The molecule has 3 rings (SSSR count). The van der Waals surface area contributed by atoms with E-state index in [9.17, 15) is 14.4 Å². The van der Waals surface area contributed by atoms with Crippen molar-refractivity contribution >= 4 is 23.4 Å². The molecule has 7 nitrogen and oxygen atoms in total. The van der Waals surface area contributed by atoms with Crippen LogP contribution in [0.4, 0.5) is 5.69 Å². The maximum absolute atomic E-state index is 12.5. The van der Waals surface area contributed by atoms with Crippen molar-refractivity contribution in [3.63, 3.8) is 0 Å². The second-order valence-corrected chi connectivity index (χ2v) is 4.83. The molecular formula is C14H12N4O3. The van der Waals surface area contributed by atoms with Gasteiger partial charge in [-0.3, -0.25) is 19.5 Å². The fourth-order valence-electron chi connectivity index (χ4n) is 2.47. The smallest absolute Gasteiger partial charge is 0.271 e. The standard InChI is InChI=1S/C14H12N4O3/c1-6-10(7(2)17-16-6)13(20)18-12(19)8-4-3-5-9(15)11(8)14(18)21/h3-5H,15H2,1-2H3,(H,16,17). The molecule has 1 aliphatic heterocycles. The molecule has 2 aromatic rings. The average molecular weight is 284 g/mol. The first-order valence-corrected chi connectivity index (χ1v) is 6.26. The highest BCUT2D eigenvalue weighted by molar-refractivity contribution is 6.32. The second kappa shape index (κ2) is 4.27. The van der Waals surface area contributed by atoms with Gasteiger partial charge in [0.05, 0.1) is 22.4 Å². The van der Waals surface area contributed by atoms with E-state index in [1.165, 1.54) is 12.1 Å². The van der Waals surface area contributed by atoms with Crippen molar-refractivity contribution in [2.45, 2.75) is 13.8 Å². The molecule has 7 heteroatoms. The first kappa shape index (κ1) is 13.0. The minimum absolute atomic E-state index is 0.0784. The number of nitrogen functional groups attached to an aromatic ring is 1. The Labute approximate surface area is 119 Å². The highest BCUT2D eigenvalue weighted by atomic mass is 16.2. The summed E-state index contributed by atoms with van der Waals surface area (Å²) >= 11 is 0. The SMILES string of the molecule is Cc1n[nH]c(C)c1C(=O)N1C(=O)c2cccc(N)c2C1=O. The van der Waals surface area contributed by atoms with Gasteiger partial charge in [-0.15, -0.1) is 0 Å². The molecule has 0 radical (unpaired) electrons. The molecule has 0 saturated carbocycles. The first-order valence-electron chi connectivity index (χ1n) is 6.26. The summed E-state index contributed by atoms with van der Waals surface area (Å²) in [6.07, 6.45) is 0. The van der Waals surface area contributed by atoms with E-state index < -0.39 is 17.7 Å². The van der Waals surface area contributed by atoms with Gasteiger partial charge in [0.25, 0.3) is 17.7 Å². The summed E-state index contributed by atoms with van der Waals surface area (Å²) in [7, 11) is 0. The Balaban J connectivity index is 2.11. The van der Waals surface area contributed by atoms with Crippen LogP contribution < -0.4 is 5.73 Å². The molecule has 3 amide bonds. The molecule has 0 aliphatic carbocycles. The van der Waals surface area contributed by atoms with Gasteiger partial charge in [0.15, 0.2) is 0 Å². The molecule has 0 bridgehead atoms. The summed E-state index contributed by atoms with van der Waals surface area (Å²) in [5, 5.41) is 6.56. The van der Waals surface area contributed by atoms with Gasteiger partial charge in [0, 0.05) is 11.4 Å². The molecule has 1 aromatic heterocycles. The van der Waals surface area contributed by atoms with Crippen molar-refractivity contribution in [3.8, 4) is 0 Å². The fourth-order valence-corrected chi connectivity index (χ4v) is 2.47. The molecule has 0 saturated heterocycles. The Hall–Kier alpha value is -2.96. The second-order valence-electron chi connectivity index (χ2n) is 4.83. The van der Waals surface area contributed by atoms with Crippen LogP contribution in [-0.2, 0) is 0 Å². The Morgan fingerprint density at radius 2 is 1.95 bits per heavy atom. The number of aromatic amines is 1. The molecule has 21 heavy (non-hydrogen) atoms. The summed E-state index contributed by atoms with van der Waals surface area (Å²) in [6, 6.07) is 4.57. The van der Waals surface area contributed by atoms with Crippen molar-refractivity contribution < 1.29 is 14.4 Å². The van der Waals surface area contributed by atoms with Gasteiger partial charge in [-0.2, -0.15) is 5.10 Å². The van der Waals surface area contributed by atoms with Crippen LogP contribution >= 0.6 is 0 Å². The summed E-state index contributed by atoms with van der Waals surface area (Å²) in [4.78, 5) is 37.8. The molecule has 106 valence electrons. The molecule has 0 unspecified atom stereocenters. The lowest BCUT2D eigenvalue weighted by Gasteiger charge is -2.11. The van der Waals surface area contributed by atoms with Gasteiger partial charge in [-0.05, 0) is 26.0 Å². The van der Waals surface area contributed by atoms with Crippen LogP contribution in [0.3, 0.4) is 0 Å². The van der Waals surface area contributed by atoms with E-state index in [0.29, 0.717) is 16.3 Å². The molecule has 2 heterocycles. The van der Waals surface area contributed by atoms with E-state index in [1.807, 2.05) is 0 Å². The number of carbonyl (C=O) groups is 3. The zero-order valence-electron chi connectivity index (χ0n) is 11.4. The minimum Gasteiger partial charge on any atom is -0.398 e. The number of amides is 3. The Morgan fingerprint density at radius 3 is 2.52 bits per heavy atom. The lowest BCUT2D eigenvalue weighted by Crippen LogP contribution is -2.36. The predicted octanol–water partition coefficient (Wildman–Crippen LogP) is 1.05. The van der Waals surface area contributed by atoms with Crippen LogP contribution in [0.25, 0.3) is 0 Å². The summed E-state index contributed by atoms with van der Waals surface area (Å²) in [5.41, 5.74) is 7.30. The van der Waals surface area contributed by atoms with Crippen LogP contribution in [0.2, 0.25) is 0 Å². The minimum atomic E-state index is -0.696. The number of aromatic nitrogens is 2. The van der Waals surface area contributed by atoms with E-state index in [2.05, 4.69) is 10.2 Å². The molecule has 3 N–H and O–H groups in total. The number of benzene rings is 1. The zero-order valence-corrected chi connectivity index (χ0v) is 11.4. The van der Waals surface area contributed by atoms with Crippen LogP contribution in [0.1, 0.15) is 42.5 Å². The van der Waals surface area contributed by atoms with Crippen molar-refractivity contribution in [1.82, 2.24) is 15.1 Å². The number of nitrogens with one attached hydrogen (secondary N) is 1. The van der Waals surface area contributed by atoms with E-state index >= 15 is 0 Å². The first-order chi connectivity index (χ1) is 9.93. The molecular weight excluding hydrogens is 272 g/mol.